The van der Waals surface area contributed by atoms with Gasteiger partial charge in [0, 0.05) is 17.9 Å². The van der Waals surface area contributed by atoms with Crippen molar-refractivity contribution in [2.24, 2.45) is 0 Å². The molecule has 0 fully saturated rings. The molecule has 0 unspecified atom stereocenters. The Morgan fingerprint density at radius 3 is 2.38 bits per heavy atom. The van der Waals surface area contributed by atoms with Crippen molar-refractivity contribution in [3.8, 4) is 11.5 Å². The maximum atomic E-state index is 14.1. The van der Waals surface area contributed by atoms with Crippen LogP contribution in [0.25, 0.3) is 10.8 Å². The van der Waals surface area contributed by atoms with Gasteiger partial charge in [-0.15, -0.1) is 0 Å². The van der Waals surface area contributed by atoms with E-state index in [1.165, 1.54) is 0 Å². The molecule has 2 N–H and O–H groups in total. The van der Waals surface area contributed by atoms with Gasteiger partial charge in [-0.2, -0.15) is 13.2 Å². The van der Waals surface area contributed by atoms with Crippen molar-refractivity contribution >= 4 is 26.3 Å². The Labute approximate surface area is 164 Å². The first kappa shape index (κ1) is 20.9. The van der Waals surface area contributed by atoms with Crippen molar-refractivity contribution < 1.29 is 30.7 Å². The predicted octanol–water partition coefficient (Wildman–Crippen LogP) is 5.47. The first-order valence-corrected chi connectivity index (χ1v) is 10.3. The van der Waals surface area contributed by atoms with Gasteiger partial charge in [-0.25, -0.2) is 12.8 Å². The van der Waals surface area contributed by atoms with Crippen LogP contribution in [0.1, 0.15) is 12.8 Å². The van der Waals surface area contributed by atoms with Crippen LogP contribution in [0.15, 0.2) is 59.5 Å². The van der Waals surface area contributed by atoms with Crippen molar-refractivity contribution in [3.05, 3.63) is 60.4 Å². The van der Waals surface area contributed by atoms with Crippen LogP contribution in [0.3, 0.4) is 0 Å². The molecule has 0 bridgehead atoms. The first-order chi connectivity index (χ1) is 13.6. The lowest BCUT2D eigenvalue weighted by molar-refractivity contribution is -0.134. The number of hydrogen-bond donors (Lipinski definition) is 1. The monoisotopic (exact) mass is 427 g/mol. The Morgan fingerprint density at radius 1 is 0.966 bits per heavy atom. The normalized spacial score (nSPS) is 12.3. The lowest BCUT2D eigenvalue weighted by Gasteiger charge is -2.15. The molecule has 9 heteroatoms. The molecule has 29 heavy (non-hydrogen) atoms. The zero-order chi connectivity index (χ0) is 21.2. The van der Waals surface area contributed by atoms with Crippen molar-refractivity contribution in [2.45, 2.75) is 23.9 Å². The van der Waals surface area contributed by atoms with E-state index in [-0.39, 0.29) is 11.4 Å². The molecule has 3 aromatic carbocycles. The molecule has 0 aliphatic rings. The molecule has 3 rings (SSSR count). The van der Waals surface area contributed by atoms with Crippen LogP contribution in [-0.2, 0) is 9.84 Å². The van der Waals surface area contributed by atoms with Gasteiger partial charge in [0.2, 0.25) is 0 Å². The van der Waals surface area contributed by atoms with Gasteiger partial charge in [0.05, 0.1) is 16.3 Å². The molecule has 0 heterocycles. The Bertz CT molecular complexity index is 1140. The smallest absolute Gasteiger partial charge is 0.389 e. The van der Waals surface area contributed by atoms with Crippen LogP contribution in [0.5, 0.6) is 11.5 Å². The summed E-state index contributed by atoms with van der Waals surface area (Å²) < 4.78 is 81.6. The van der Waals surface area contributed by atoms with Gasteiger partial charge in [0.1, 0.15) is 11.6 Å². The molecule has 0 atom stereocenters. The number of ether oxygens (including phenoxy) is 1. The lowest BCUT2D eigenvalue weighted by Crippen LogP contribution is -2.14. The molecule has 0 spiro atoms. The summed E-state index contributed by atoms with van der Waals surface area (Å²) in [5.74, 6) is -1.63. The maximum absolute atomic E-state index is 14.1. The number of nitrogens with two attached hydrogens (primary N) is 1. The van der Waals surface area contributed by atoms with E-state index in [0.717, 1.165) is 11.5 Å². The van der Waals surface area contributed by atoms with Gasteiger partial charge < -0.3 is 10.5 Å². The number of rotatable bonds is 6. The average molecular weight is 427 g/mol. The summed E-state index contributed by atoms with van der Waals surface area (Å²) in [4.78, 5) is -0.588. The van der Waals surface area contributed by atoms with E-state index >= 15 is 0 Å². The third-order valence-corrected chi connectivity index (χ3v) is 6.08. The summed E-state index contributed by atoms with van der Waals surface area (Å²) in [5, 5.41) is 1.55. The van der Waals surface area contributed by atoms with Crippen LogP contribution in [-0.4, -0.2) is 20.3 Å². The molecule has 0 saturated carbocycles. The Hall–Kier alpha value is -2.81. The topological polar surface area (TPSA) is 69.4 Å². The lowest BCUT2D eigenvalue weighted by atomic mass is 10.1. The fraction of sp³-hybridized carbons (Fsp3) is 0.200. The number of sulfone groups is 1. The fourth-order valence-corrected chi connectivity index (χ4v) is 4.36. The molecule has 0 radical (unpaired) electrons. The second kappa shape index (κ2) is 7.90. The second-order valence-corrected chi connectivity index (χ2v) is 8.51. The van der Waals surface area contributed by atoms with Crippen LogP contribution in [0.2, 0.25) is 0 Å². The molecule has 3 aromatic rings. The minimum Gasteiger partial charge on any atom is -0.454 e. The summed E-state index contributed by atoms with van der Waals surface area (Å²) in [6, 6.07) is 14.0. The largest absolute Gasteiger partial charge is 0.454 e. The molecule has 0 saturated heterocycles. The maximum Gasteiger partial charge on any atom is 0.389 e. The minimum absolute atomic E-state index is 0.226. The summed E-state index contributed by atoms with van der Waals surface area (Å²) >= 11 is 0. The highest BCUT2D eigenvalue weighted by Crippen LogP contribution is 2.37. The molecular weight excluding hydrogens is 410 g/mol. The van der Waals surface area contributed by atoms with E-state index in [9.17, 15) is 26.0 Å². The van der Waals surface area contributed by atoms with E-state index in [2.05, 4.69) is 0 Å². The number of benzene rings is 3. The third-order valence-electron chi connectivity index (χ3n) is 4.25. The van der Waals surface area contributed by atoms with Gasteiger partial charge in [-0.1, -0.05) is 36.4 Å². The Morgan fingerprint density at radius 2 is 1.66 bits per heavy atom. The van der Waals surface area contributed by atoms with Crippen molar-refractivity contribution in [1.82, 2.24) is 0 Å². The third kappa shape index (κ3) is 4.97. The standard InChI is InChI=1S/C20H17F4NO3S/c21-14-11-17(28-16-8-3-6-13-5-1-2-7-15(13)16)19(25)18(12-14)29(26,27)10-4-9-20(22,23)24/h1-3,5-8,11-12H,4,9-10,25H2. The van der Waals surface area contributed by atoms with Crippen LogP contribution < -0.4 is 10.5 Å². The van der Waals surface area contributed by atoms with E-state index < -0.39 is 45.3 Å². The highest BCUT2D eigenvalue weighted by Gasteiger charge is 2.29. The highest BCUT2D eigenvalue weighted by atomic mass is 32.2. The highest BCUT2D eigenvalue weighted by molar-refractivity contribution is 7.91. The number of hydrogen-bond acceptors (Lipinski definition) is 4. The van der Waals surface area contributed by atoms with Gasteiger partial charge in [-0.3, -0.25) is 0 Å². The summed E-state index contributed by atoms with van der Waals surface area (Å²) in [6.07, 6.45) is -6.40. The molecule has 4 nitrogen and oxygen atoms in total. The fourth-order valence-electron chi connectivity index (χ4n) is 2.89. The van der Waals surface area contributed by atoms with Gasteiger partial charge >= 0.3 is 6.18 Å². The first-order valence-electron chi connectivity index (χ1n) is 8.61. The molecule has 0 amide bonds. The Kier molecular flexibility index (Phi) is 5.70. The number of nitrogen functional groups attached to an aromatic ring is 1. The quantitative estimate of drug-likeness (QED) is 0.418. The van der Waals surface area contributed by atoms with Crippen LogP contribution in [0.4, 0.5) is 23.2 Å². The molecule has 0 aliphatic heterocycles. The number of alkyl halides is 3. The van der Waals surface area contributed by atoms with E-state index in [0.29, 0.717) is 17.2 Å². The zero-order valence-corrected chi connectivity index (χ0v) is 15.9. The van der Waals surface area contributed by atoms with E-state index in [4.69, 9.17) is 10.5 Å². The molecule has 154 valence electrons. The summed E-state index contributed by atoms with van der Waals surface area (Å²) in [5.41, 5.74) is 5.54. The molecular formula is C20H17F4NO3S. The second-order valence-electron chi connectivity index (χ2n) is 6.43. The van der Waals surface area contributed by atoms with Crippen molar-refractivity contribution in [3.63, 3.8) is 0 Å². The van der Waals surface area contributed by atoms with E-state index in [1.807, 2.05) is 18.2 Å². The Balaban J connectivity index is 1.95. The summed E-state index contributed by atoms with van der Waals surface area (Å²) in [6.45, 7) is 0. The van der Waals surface area contributed by atoms with Crippen LogP contribution in [0, 0.1) is 5.82 Å². The average Bonchev–Trinajstić information content (AvgIpc) is 2.63. The van der Waals surface area contributed by atoms with Gasteiger partial charge in [0.15, 0.2) is 15.6 Å². The van der Waals surface area contributed by atoms with Gasteiger partial charge in [-0.05, 0) is 23.9 Å². The number of fused-ring (bicyclic) bond motifs is 1. The minimum atomic E-state index is -4.48. The number of anilines is 1. The summed E-state index contributed by atoms with van der Waals surface area (Å²) in [7, 11) is -4.24. The van der Waals surface area contributed by atoms with Crippen molar-refractivity contribution in [2.75, 3.05) is 11.5 Å². The van der Waals surface area contributed by atoms with Crippen molar-refractivity contribution in [1.29, 1.82) is 0 Å². The van der Waals surface area contributed by atoms with Crippen LogP contribution >= 0.6 is 0 Å². The number of halogens is 4. The molecule has 0 aliphatic carbocycles. The predicted molar refractivity (Wildman–Crippen MR) is 102 cm³/mol. The zero-order valence-electron chi connectivity index (χ0n) is 15.0. The SMILES string of the molecule is Nc1c(Oc2cccc3ccccc23)cc(F)cc1S(=O)(=O)CCCC(F)(F)F. The van der Waals surface area contributed by atoms with Gasteiger partial charge in [0.25, 0.3) is 0 Å². The van der Waals surface area contributed by atoms with E-state index in [1.54, 1.807) is 24.3 Å². The molecule has 0 aromatic heterocycles.